The van der Waals surface area contributed by atoms with Gasteiger partial charge in [-0.25, -0.2) is 4.79 Å². The highest BCUT2D eigenvalue weighted by Gasteiger charge is 2.12. The molecular weight excluding hydrogens is 218 g/mol. The van der Waals surface area contributed by atoms with Crippen LogP contribution in [0.4, 0.5) is 0 Å². The number of ether oxygens (including phenoxy) is 1. The third-order valence-electron chi connectivity index (χ3n) is 2.05. The maximum Gasteiger partial charge on any atom is 0.339 e. The van der Waals surface area contributed by atoms with Crippen molar-refractivity contribution in [3.8, 4) is 0 Å². The summed E-state index contributed by atoms with van der Waals surface area (Å²) < 4.78 is 6.25. The number of rotatable bonds is 1. The molecule has 0 spiro atoms. The summed E-state index contributed by atoms with van der Waals surface area (Å²) in [5.41, 5.74) is 0.903. The van der Waals surface area contributed by atoms with E-state index >= 15 is 0 Å². The average Bonchev–Trinajstić information content (AvgIpc) is 2.60. The summed E-state index contributed by atoms with van der Waals surface area (Å²) in [5, 5.41) is 8.11. The summed E-state index contributed by atoms with van der Waals surface area (Å²) in [6, 6.07) is 1.51. The first-order valence-corrected chi connectivity index (χ1v) is 4.60. The van der Waals surface area contributed by atoms with E-state index in [1.165, 1.54) is 13.2 Å². The number of halogens is 1. The van der Waals surface area contributed by atoms with Crippen LogP contribution in [0.5, 0.6) is 0 Å². The zero-order valence-corrected chi connectivity index (χ0v) is 8.95. The van der Waals surface area contributed by atoms with Crippen LogP contribution in [0, 0.1) is 6.92 Å². The van der Waals surface area contributed by atoms with Crippen molar-refractivity contribution in [2.24, 2.45) is 0 Å². The van der Waals surface area contributed by atoms with Crippen LogP contribution in [-0.2, 0) is 4.74 Å². The topological polar surface area (TPSA) is 56.5 Å². The molecule has 0 aliphatic carbocycles. The molecule has 0 saturated heterocycles. The minimum Gasteiger partial charge on any atom is -0.465 e. The van der Waals surface area contributed by atoms with Crippen molar-refractivity contribution < 1.29 is 9.53 Å². The van der Waals surface area contributed by atoms with E-state index in [0.717, 1.165) is 0 Å². The predicted molar refractivity (Wildman–Crippen MR) is 54.1 cm³/mol. The van der Waals surface area contributed by atoms with Crippen molar-refractivity contribution in [3.05, 3.63) is 28.7 Å². The van der Waals surface area contributed by atoms with Gasteiger partial charge in [-0.2, -0.15) is 0 Å². The Labute approximate surface area is 90.6 Å². The van der Waals surface area contributed by atoms with Crippen LogP contribution in [0.25, 0.3) is 5.65 Å². The van der Waals surface area contributed by atoms with Crippen molar-refractivity contribution in [2.45, 2.75) is 6.92 Å². The minimum absolute atomic E-state index is 0.373. The van der Waals surface area contributed by atoms with Gasteiger partial charge in [0.05, 0.1) is 17.7 Å². The molecule has 2 heterocycles. The van der Waals surface area contributed by atoms with Crippen LogP contribution in [0.3, 0.4) is 0 Å². The van der Waals surface area contributed by atoms with Crippen LogP contribution >= 0.6 is 11.6 Å². The first-order chi connectivity index (χ1) is 7.13. The van der Waals surface area contributed by atoms with E-state index in [1.54, 1.807) is 17.5 Å². The van der Waals surface area contributed by atoms with Crippen LogP contribution in [-0.4, -0.2) is 27.7 Å². The van der Waals surface area contributed by atoms with E-state index < -0.39 is 5.97 Å². The lowest BCUT2D eigenvalue weighted by Gasteiger charge is -2.02. The SMILES string of the molecule is COC(=O)c1cc(Cl)c2nnc(C)n2c1. The number of aromatic nitrogens is 3. The molecule has 0 atom stereocenters. The maximum absolute atomic E-state index is 11.3. The van der Waals surface area contributed by atoms with Gasteiger partial charge in [0, 0.05) is 6.20 Å². The minimum atomic E-state index is -0.438. The maximum atomic E-state index is 11.3. The second kappa shape index (κ2) is 3.51. The lowest BCUT2D eigenvalue weighted by molar-refractivity contribution is 0.0600. The van der Waals surface area contributed by atoms with Crippen LogP contribution in [0.15, 0.2) is 12.3 Å². The average molecular weight is 226 g/mol. The molecule has 5 nitrogen and oxygen atoms in total. The molecule has 2 aromatic heterocycles. The van der Waals surface area contributed by atoms with E-state index in [9.17, 15) is 4.79 Å². The fraction of sp³-hybridized carbons (Fsp3) is 0.222. The Kier molecular flexibility index (Phi) is 2.32. The van der Waals surface area contributed by atoms with Gasteiger partial charge in [-0.3, -0.25) is 4.40 Å². The fourth-order valence-corrected chi connectivity index (χ4v) is 1.54. The molecule has 0 aromatic carbocycles. The van der Waals surface area contributed by atoms with E-state index in [0.29, 0.717) is 22.1 Å². The molecule has 2 aromatic rings. The van der Waals surface area contributed by atoms with E-state index in [1.807, 2.05) is 0 Å². The summed E-state index contributed by atoms with van der Waals surface area (Å²) >= 11 is 5.95. The highest BCUT2D eigenvalue weighted by atomic mass is 35.5. The van der Waals surface area contributed by atoms with Gasteiger partial charge in [0.2, 0.25) is 0 Å². The number of carbonyl (C=O) groups excluding carboxylic acids is 1. The Morgan fingerprint density at radius 2 is 2.27 bits per heavy atom. The summed E-state index contributed by atoms with van der Waals surface area (Å²) in [7, 11) is 1.32. The van der Waals surface area contributed by atoms with E-state index in [-0.39, 0.29) is 0 Å². The van der Waals surface area contributed by atoms with Gasteiger partial charge in [0.1, 0.15) is 5.82 Å². The van der Waals surface area contributed by atoms with Crippen molar-refractivity contribution >= 4 is 23.2 Å². The summed E-state index contributed by atoms with van der Waals surface area (Å²) in [6.07, 6.45) is 1.60. The summed E-state index contributed by atoms with van der Waals surface area (Å²) in [4.78, 5) is 11.3. The Hall–Kier alpha value is -1.62. The van der Waals surface area contributed by atoms with E-state index in [2.05, 4.69) is 14.9 Å². The Bertz CT molecular complexity index is 535. The van der Waals surface area contributed by atoms with Gasteiger partial charge in [0.15, 0.2) is 5.65 Å². The first-order valence-electron chi connectivity index (χ1n) is 4.22. The standard InChI is InChI=1S/C9H8ClN3O2/c1-5-11-12-8-7(10)3-6(4-13(5)8)9(14)15-2/h3-4H,1-2H3. The third kappa shape index (κ3) is 1.55. The smallest absolute Gasteiger partial charge is 0.339 e. The zero-order chi connectivity index (χ0) is 11.0. The number of hydrogen-bond acceptors (Lipinski definition) is 4. The molecule has 0 fully saturated rings. The Morgan fingerprint density at radius 3 is 2.93 bits per heavy atom. The number of carbonyl (C=O) groups is 1. The number of hydrogen-bond donors (Lipinski definition) is 0. The lowest BCUT2D eigenvalue weighted by atomic mass is 10.3. The summed E-state index contributed by atoms with van der Waals surface area (Å²) in [5.74, 6) is 0.226. The number of esters is 1. The summed E-state index contributed by atoms with van der Waals surface area (Å²) in [6.45, 7) is 1.78. The normalized spacial score (nSPS) is 10.6. The number of pyridine rings is 1. The van der Waals surface area contributed by atoms with Gasteiger partial charge in [-0.1, -0.05) is 11.6 Å². The molecule has 6 heteroatoms. The number of aryl methyl sites for hydroxylation is 1. The van der Waals surface area contributed by atoms with Crippen molar-refractivity contribution in [2.75, 3.05) is 7.11 Å². The molecule has 2 rings (SSSR count). The molecule has 78 valence electrons. The Balaban J connectivity index is 2.70. The van der Waals surface area contributed by atoms with Crippen LogP contribution in [0.2, 0.25) is 5.02 Å². The highest BCUT2D eigenvalue weighted by Crippen LogP contribution is 2.18. The molecule has 0 saturated carbocycles. The molecule has 0 N–H and O–H groups in total. The van der Waals surface area contributed by atoms with Gasteiger partial charge in [0.25, 0.3) is 0 Å². The van der Waals surface area contributed by atoms with Crippen LogP contribution in [0.1, 0.15) is 16.2 Å². The quantitative estimate of drug-likeness (QED) is 0.690. The number of methoxy groups -OCH3 is 1. The molecule has 0 aliphatic heterocycles. The molecular formula is C9H8ClN3O2. The van der Waals surface area contributed by atoms with Crippen molar-refractivity contribution in [1.29, 1.82) is 0 Å². The van der Waals surface area contributed by atoms with Gasteiger partial charge in [-0.05, 0) is 13.0 Å². The first kappa shape index (κ1) is 9.92. The molecule has 0 amide bonds. The monoisotopic (exact) mass is 225 g/mol. The molecule has 0 aliphatic rings. The van der Waals surface area contributed by atoms with Crippen LogP contribution < -0.4 is 0 Å². The number of fused-ring (bicyclic) bond motifs is 1. The largest absolute Gasteiger partial charge is 0.465 e. The number of nitrogens with zero attached hydrogens (tertiary/aromatic N) is 3. The molecule has 15 heavy (non-hydrogen) atoms. The second-order valence-corrected chi connectivity index (χ2v) is 3.42. The molecule has 0 radical (unpaired) electrons. The van der Waals surface area contributed by atoms with Gasteiger partial charge < -0.3 is 4.74 Å². The Morgan fingerprint density at radius 1 is 1.53 bits per heavy atom. The lowest BCUT2D eigenvalue weighted by Crippen LogP contribution is -2.03. The van der Waals surface area contributed by atoms with Crippen molar-refractivity contribution in [3.63, 3.8) is 0 Å². The zero-order valence-electron chi connectivity index (χ0n) is 8.19. The second-order valence-electron chi connectivity index (χ2n) is 3.01. The predicted octanol–water partition coefficient (Wildman–Crippen LogP) is 1.48. The molecule has 0 bridgehead atoms. The van der Waals surface area contributed by atoms with Crippen molar-refractivity contribution in [1.82, 2.24) is 14.6 Å². The van der Waals surface area contributed by atoms with Gasteiger partial charge in [-0.15, -0.1) is 10.2 Å². The molecule has 0 unspecified atom stereocenters. The van der Waals surface area contributed by atoms with E-state index in [4.69, 9.17) is 11.6 Å². The fourth-order valence-electron chi connectivity index (χ4n) is 1.29. The van der Waals surface area contributed by atoms with Gasteiger partial charge >= 0.3 is 5.97 Å². The highest BCUT2D eigenvalue weighted by molar-refractivity contribution is 6.33. The third-order valence-corrected chi connectivity index (χ3v) is 2.33.